The Balaban J connectivity index is 1.32. The number of carbonyl (C=O) groups excluding carboxylic acids is 4. The SMILES string of the molecule is COC(=O)CNC(=O)[C@@H](NC(=O)c1ccc2nc(NC(=O)c3ccccc3-c3ccc(C(F)(F)F)cc3)ccc2c1)c1ccccc1. The first-order chi connectivity index (χ1) is 22.5. The number of nitrogens with one attached hydrogen (secondary N) is 3. The lowest BCUT2D eigenvalue weighted by Crippen LogP contribution is -2.42. The second-order valence-corrected chi connectivity index (χ2v) is 10.3. The Morgan fingerprint density at radius 1 is 0.809 bits per heavy atom. The summed E-state index contributed by atoms with van der Waals surface area (Å²) in [6.07, 6.45) is -4.48. The van der Waals surface area contributed by atoms with Crippen molar-refractivity contribution in [1.29, 1.82) is 0 Å². The fourth-order valence-electron chi connectivity index (χ4n) is 4.79. The van der Waals surface area contributed by atoms with Crippen molar-refractivity contribution >= 4 is 40.4 Å². The van der Waals surface area contributed by atoms with Crippen LogP contribution in [0.3, 0.4) is 0 Å². The first-order valence-electron chi connectivity index (χ1n) is 14.2. The zero-order valence-corrected chi connectivity index (χ0v) is 24.8. The fourth-order valence-corrected chi connectivity index (χ4v) is 4.79. The molecule has 47 heavy (non-hydrogen) atoms. The van der Waals surface area contributed by atoms with E-state index in [0.717, 1.165) is 12.1 Å². The molecule has 1 atom stereocenters. The van der Waals surface area contributed by atoms with E-state index in [9.17, 15) is 32.3 Å². The summed E-state index contributed by atoms with van der Waals surface area (Å²) < 4.78 is 43.6. The van der Waals surface area contributed by atoms with Gasteiger partial charge >= 0.3 is 12.1 Å². The van der Waals surface area contributed by atoms with E-state index in [-0.39, 0.29) is 23.5 Å². The van der Waals surface area contributed by atoms with Gasteiger partial charge in [-0.05, 0) is 65.2 Å². The van der Waals surface area contributed by atoms with E-state index in [2.05, 4.69) is 25.7 Å². The van der Waals surface area contributed by atoms with Crippen molar-refractivity contribution in [3.8, 4) is 11.1 Å². The number of aromatic nitrogens is 1. The molecule has 1 heterocycles. The second kappa shape index (κ2) is 13.9. The summed E-state index contributed by atoms with van der Waals surface area (Å²) in [7, 11) is 1.20. The summed E-state index contributed by atoms with van der Waals surface area (Å²) in [6.45, 7) is -0.365. The number of alkyl halides is 3. The van der Waals surface area contributed by atoms with Gasteiger partial charge in [0, 0.05) is 16.5 Å². The summed E-state index contributed by atoms with van der Waals surface area (Å²) in [4.78, 5) is 55.4. The van der Waals surface area contributed by atoms with Crippen LogP contribution in [-0.4, -0.2) is 42.3 Å². The molecule has 5 aromatic rings. The maximum atomic E-state index is 13.2. The number of amides is 3. The number of methoxy groups -OCH3 is 1. The van der Waals surface area contributed by atoms with Crippen molar-refractivity contribution < 1.29 is 37.1 Å². The van der Waals surface area contributed by atoms with Crippen LogP contribution in [0.5, 0.6) is 0 Å². The number of hydrogen-bond donors (Lipinski definition) is 3. The molecule has 0 spiro atoms. The van der Waals surface area contributed by atoms with E-state index in [4.69, 9.17) is 0 Å². The van der Waals surface area contributed by atoms with E-state index < -0.39 is 41.5 Å². The second-order valence-electron chi connectivity index (χ2n) is 10.3. The molecule has 0 aliphatic rings. The molecule has 12 heteroatoms. The molecule has 0 saturated heterocycles. The van der Waals surface area contributed by atoms with Crippen molar-refractivity contribution in [1.82, 2.24) is 15.6 Å². The molecule has 0 aliphatic carbocycles. The van der Waals surface area contributed by atoms with Crippen molar-refractivity contribution in [2.75, 3.05) is 19.0 Å². The topological polar surface area (TPSA) is 126 Å². The minimum atomic E-state index is -4.48. The highest BCUT2D eigenvalue weighted by atomic mass is 19.4. The predicted molar refractivity (Wildman–Crippen MR) is 168 cm³/mol. The van der Waals surface area contributed by atoms with Gasteiger partial charge in [-0.25, -0.2) is 4.98 Å². The highest BCUT2D eigenvalue weighted by molar-refractivity contribution is 6.09. The smallest absolute Gasteiger partial charge is 0.416 e. The van der Waals surface area contributed by atoms with Crippen molar-refractivity contribution in [2.45, 2.75) is 12.2 Å². The number of nitrogens with zero attached hydrogens (tertiary/aromatic N) is 1. The van der Waals surface area contributed by atoms with Crippen molar-refractivity contribution in [2.24, 2.45) is 0 Å². The molecule has 9 nitrogen and oxygen atoms in total. The molecular weight excluding hydrogens is 613 g/mol. The summed E-state index contributed by atoms with van der Waals surface area (Å²) >= 11 is 0. The summed E-state index contributed by atoms with van der Waals surface area (Å²) in [6, 6.07) is 26.4. The van der Waals surface area contributed by atoms with E-state index >= 15 is 0 Å². The van der Waals surface area contributed by atoms with Crippen LogP contribution in [0.15, 0.2) is 109 Å². The van der Waals surface area contributed by atoms with Gasteiger partial charge < -0.3 is 20.7 Å². The zero-order valence-electron chi connectivity index (χ0n) is 24.8. The highest BCUT2D eigenvalue weighted by Crippen LogP contribution is 2.32. The molecule has 0 aliphatic heterocycles. The molecule has 1 aromatic heterocycles. The third-order valence-electron chi connectivity index (χ3n) is 7.19. The van der Waals surface area contributed by atoms with Gasteiger partial charge in [0.25, 0.3) is 11.8 Å². The van der Waals surface area contributed by atoms with Crippen LogP contribution in [0.4, 0.5) is 19.0 Å². The Kier molecular flexibility index (Phi) is 9.60. The number of anilines is 1. The van der Waals surface area contributed by atoms with Gasteiger partial charge in [0.2, 0.25) is 5.91 Å². The Labute approximate surface area is 266 Å². The third kappa shape index (κ3) is 7.79. The van der Waals surface area contributed by atoms with Crippen LogP contribution in [-0.2, 0) is 20.5 Å². The van der Waals surface area contributed by atoms with E-state index in [1.54, 1.807) is 78.9 Å². The standard InChI is InChI=1S/C35H27F3N4O5/c1-47-30(43)20-39-34(46)31(22-7-3-2-4-8-22)42-32(44)24-13-17-28-23(19-24)14-18-29(40-28)41-33(45)27-10-6-5-9-26(27)21-11-15-25(16-12-21)35(36,37)38/h2-19,31H,20H2,1H3,(H,39,46)(H,42,44)(H,40,41,45)/t31-/m0/s1. The molecule has 0 fully saturated rings. The van der Waals surface area contributed by atoms with Gasteiger partial charge in [-0.1, -0.05) is 60.7 Å². The number of carbonyl (C=O) groups is 4. The number of benzene rings is 4. The Morgan fingerprint density at radius 2 is 1.51 bits per heavy atom. The molecule has 4 aromatic carbocycles. The molecule has 238 valence electrons. The van der Waals surface area contributed by atoms with Crippen LogP contribution in [0.25, 0.3) is 22.0 Å². The third-order valence-corrected chi connectivity index (χ3v) is 7.19. The van der Waals surface area contributed by atoms with Crippen LogP contribution in [0, 0.1) is 0 Å². The summed E-state index contributed by atoms with van der Waals surface area (Å²) in [5.74, 6) is -2.09. The Bertz CT molecular complexity index is 1950. The molecule has 3 amide bonds. The van der Waals surface area contributed by atoms with Gasteiger partial charge in [-0.2, -0.15) is 13.2 Å². The quantitative estimate of drug-likeness (QED) is 0.172. The summed E-state index contributed by atoms with van der Waals surface area (Å²) in [5.41, 5.74) is 1.55. The Morgan fingerprint density at radius 3 is 2.21 bits per heavy atom. The lowest BCUT2D eigenvalue weighted by atomic mass is 9.98. The number of ether oxygens (including phenoxy) is 1. The van der Waals surface area contributed by atoms with Crippen LogP contribution in [0.1, 0.15) is 37.9 Å². The Hall–Kier alpha value is -6.04. The molecule has 0 unspecified atom stereocenters. The molecule has 5 rings (SSSR count). The van der Waals surface area contributed by atoms with Gasteiger partial charge in [0.15, 0.2) is 0 Å². The molecule has 0 saturated carbocycles. The minimum absolute atomic E-state index is 0.216. The monoisotopic (exact) mass is 640 g/mol. The van der Waals surface area contributed by atoms with Crippen molar-refractivity contribution in [3.05, 3.63) is 131 Å². The van der Waals surface area contributed by atoms with Gasteiger partial charge in [0.05, 0.1) is 18.2 Å². The number of esters is 1. The number of hydrogen-bond acceptors (Lipinski definition) is 6. The van der Waals surface area contributed by atoms with Crippen LogP contribution >= 0.6 is 0 Å². The predicted octanol–water partition coefficient (Wildman–Crippen LogP) is 5.93. The summed E-state index contributed by atoms with van der Waals surface area (Å²) in [5, 5.41) is 8.47. The minimum Gasteiger partial charge on any atom is -0.468 e. The van der Waals surface area contributed by atoms with Gasteiger partial charge in [-0.3, -0.25) is 19.2 Å². The van der Waals surface area contributed by atoms with E-state index in [1.807, 2.05) is 0 Å². The van der Waals surface area contributed by atoms with Gasteiger partial charge in [-0.15, -0.1) is 0 Å². The normalized spacial score (nSPS) is 11.7. The largest absolute Gasteiger partial charge is 0.468 e. The lowest BCUT2D eigenvalue weighted by Gasteiger charge is -2.19. The van der Waals surface area contributed by atoms with Crippen LogP contribution < -0.4 is 16.0 Å². The maximum Gasteiger partial charge on any atom is 0.416 e. The maximum absolute atomic E-state index is 13.2. The van der Waals surface area contributed by atoms with E-state index in [0.29, 0.717) is 27.6 Å². The highest BCUT2D eigenvalue weighted by Gasteiger charge is 2.30. The lowest BCUT2D eigenvalue weighted by molar-refractivity contribution is -0.141. The molecule has 0 bridgehead atoms. The number of pyridine rings is 1. The first kappa shape index (κ1) is 32.4. The van der Waals surface area contributed by atoms with Gasteiger partial charge in [0.1, 0.15) is 18.4 Å². The average Bonchev–Trinajstić information content (AvgIpc) is 3.09. The number of fused-ring (bicyclic) bond motifs is 1. The van der Waals surface area contributed by atoms with E-state index in [1.165, 1.54) is 25.3 Å². The van der Waals surface area contributed by atoms with Crippen LogP contribution in [0.2, 0.25) is 0 Å². The zero-order chi connectivity index (χ0) is 33.6. The first-order valence-corrected chi connectivity index (χ1v) is 14.2. The number of halogens is 3. The molecule has 0 radical (unpaired) electrons. The molecular formula is C35H27F3N4O5. The molecule has 3 N–H and O–H groups in total. The fraction of sp³-hybridized carbons (Fsp3) is 0.114. The van der Waals surface area contributed by atoms with Crippen molar-refractivity contribution in [3.63, 3.8) is 0 Å². The average molecular weight is 641 g/mol. The number of rotatable bonds is 9.